The molecule has 1 aliphatic rings. The van der Waals surface area contributed by atoms with Gasteiger partial charge in [0.15, 0.2) is 0 Å². The predicted octanol–water partition coefficient (Wildman–Crippen LogP) is 4.03. The minimum absolute atomic E-state index is 0.220. The van der Waals surface area contributed by atoms with Crippen LogP contribution < -0.4 is 10.4 Å². The van der Waals surface area contributed by atoms with Crippen molar-refractivity contribution in [2.45, 2.75) is 12.3 Å². The smallest absolute Gasteiger partial charge is 0.426 e. The molecule has 3 aromatic rings. The first-order valence-corrected chi connectivity index (χ1v) is 9.18. The van der Waals surface area contributed by atoms with Crippen LogP contribution in [0.4, 0.5) is 10.5 Å². The number of ether oxygens (including phenoxy) is 1. The SMILES string of the molecule is CCOC(=O)NN1C(=O)C(c2ccccc2)(c2ccccc2)c2ccccc21. The van der Waals surface area contributed by atoms with Crippen LogP contribution in [-0.2, 0) is 14.9 Å². The molecule has 1 N–H and O–H groups in total. The van der Waals surface area contributed by atoms with E-state index in [0.717, 1.165) is 16.7 Å². The second-order valence-corrected chi connectivity index (χ2v) is 6.47. The molecule has 28 heavy (non-hydrogen) atoms. The summed E-state index contributed by atoms with van der Waals surface area (Å²) in [7, 11) is 0. The van der Waals surface area contributed by atoms with Crippen molar-refractivity contribution < 1.29 is 14.3 Å². The standard InChI is InChI=1S/C23H20N2O3/c1-2-28-22(27)24-25-20-16-10-9-15-19(20)23(21(25)26,17-11-5-3-6-12-17)18-13-7-4-8-14-18/h3-16H,2H2,1H3,(H,24,27). The fourth-order valence-corrected chi connectivity index (χ4v) is 3.84. The molecular formula is C23H20N2O3. The Labute approximate surface area is 163 Å². The van der Waals surface area contributed by atoms with Gasteiger partial charge in [0.25, 0.3) is 5.91 Å². The monoisotopic (exact) mass is 372 g/mol. The van der Waals surface area contributed by atoms with Crippen LogP contribution in [0.5, 0.6) is 0 Å². The number of rotatable bonds is 4. The Balaban J connectivity index is 1.96. The Morgan fingerprint density at radius 2 is 1.43 bits per heavy atom. The molecule has 0 spiro atoms. The topological polar surface area (TPSA) is 58.6 Å². The van der Waals surface area contributed by atoms with Gasteiger partial charge in [0.05, 0.1) is 12.3 Å². The first-order chi connectivity index (χ1) is 13.7. The minimum Gasteiger partial charge on any atom is -0.449 e. The Bertz CT molecular complexity index is 963. The Hall–Kier alpha value is -3.60. The number of hydrogen-bond donors (Lipinski definition) is 1. The maximum atomic E-state index is 13.9. The molecule has 0 aromatic heterocycles. The number of carbonyl (C=O) groups is 2. The highest BCUT2D eigenvalue weighted by Crippen LogP contribution is 2.49. The van der Waals surface area contributed by atoms with Gasteiger partial charge in [0.1, 0.15) is 5.41 Å². The number of amides is 2. The van der Waals surface area contributed by atoms with E-state index in [1.165, 1.54) is 5.01 Å². The van der Waals surface area contributed by atoms with Gasteiger partial charge in [0, 0.05) is 5.56 Å². The zero-order chi connectivity index (χ0) is 19.6. The molecule has 0 saturated carbocycles. The van der Waals surface area contributed by atoms with Crippen LogP contribution in [0.15, 0.2) is 84.9 Å². The molecule has 4 rings (SSSR count). The lowest BCUT2D eigenvalue weighted by Gasteiger charge is -2.30. The summed E-state index contributed by atoms with van der Waals surface area (Å²) in [5.74, 6) is -0.251. The first kappa shape index (κ1) is 17.8. The quantitative estimate of drug-likeness (QED) is 0.752. The van der Waals surface area contributed by atoms with Gasteiger partial charge in [-0.2, -0.15) is 0 Å². The Morgan fingerprint density at radius 1 is 0.893 bits per heavy atom. The van der Waals surface area contributed by atoms with Gasteiger partial charge in [-0.15, -0.1) is 0 Å². The molecular weight excluding hydrogens is 352 g/mol. The third-order valence-corrected chi connectivity index (χ3v) is 4.96. The number of hydrazine groups is 1. The van der Waals surface area contributed by atoms with Crippen LogP contribution in [-0.4, -0.2) is 18.6 Å². The predicted molar refractivity (Wildman–Crippen MR) is 107 cm³/mol. The van der Waals surface area contributed by atoms with E-state index >= 15 is 0 Å². The fourth-order valence-electron chi connectivity index (χ4n) is 3.84. The average Bonchev–Trinajstić information content (AvgIpc) is 2.98. The molecule has 0 aliphatic carbocycles. The molecule has 1 aliphatic heterocycles. The van der Waals surface area contributed by atoms with E-state index in [1.54, 1.807) is 6.92 Å². The Morgan fingerprint density at radius 3 is 2.00 bits per heavy atom. The summed E-state index contributed by atoms with van der Waals surface area (Å²) in [5.41, 5.74) is 4.67. The number of nitrogens with one attached hydrogen (secondary N) is 1. The highest BCUT2D eigenvalue weighted by Gasteiger charge is 2.54. The normalized spacial score (nSPS) is 14.5. The molecule has 0 bridgehead atoms. The van der Waals surface area contributed by atoms with Crippen molar-refractivity contribution in [2.75, 3.05) is 11.6 Å². The van der Waals surface area contributed by atoms with Crippen molar-refractivity contribution >= 4 is 17.7 Å². The van der Waals surface area contributed by atoms with E-state index < -0.39 is 11.5 Å². The lowest BCUT2D eigenvalue weighted by molar-refractivity contribution is -0.121. The first-order valence-electron chi connectivity index (χ1n) is 9.18. The van der Waals surface area contributed by atoms with Gasteiger partial charge in [-0.3, -0.25) is 4.79 Å². The molecule has 2 amide bonds. The summed E-state index contributed by atoms with van der Waals surface area (Å²) in [5, 5.41) is 1.30. The maximum Gasteiger partial charge on any atom is 0.426 e. The van der Waals surface area contributed by atoms with Gasteiger partial charge in [-0.05, 0) is 24.1 Å². The minimum atomic E-state index is -1.06. The van der Waals surface area contributed by atoms with Gasteiger partial charge < -0.3 is 4.74 Å². The zero-order valence-electron chi connectivity index (χ0n) is 15.5. The van der Waals surface area contributed by atoms with Crippen molar-refractivity contribution in [1.29, 1.82) is 0 Å². The molecule has 0 saturated heterocycles. The van der Waals surface area contributed by atoms with E-state index in [9.17, 15) is 9.59 Å². The highest BCUT2D eigenvalue weighted by atomic mass is 16.6. The van der Waals surface area contributed by atoms with Gasteiger partial charge in [0.2, 0.25) is 0 Å². The van der Waals surface area contributed by atoms with E-state index in [1.807, 2.05) is 84.9 Å². The zero-order valence-corrected chi connectivity index (χ0v) is 15.5. The number of hydrogen-bond acceptors (Lipinski definition) is 3. The summed E-state index contributed by atoms with van der Waals surface area (Å²) in [6, 6.07) is 26.8. The third kappa shape index (κ3) is 2.63. The van der Waals surface area contributed by atoms with Gasteiger partial charge >= 0.3 is 6.09 Å². The number of para-hydroxylation sites is 1. The highest BCUT2D eigenvalue weighted by molar-refractivity contribution is 6.13. The lowest BCUT2D eigenvalue weighted by Crippen LogP contribution is -2.50. The number of nitrogens with zero attached hydrogens (tertiary/aromatic N) is 1. The molecule has 5 heteroatoms. The number of benzene rings is 3. The molecule has 140 valence electrons. The van der Waals surface area contributed by atoms with E-state index in [4.69, 9.17) is 4.74 Å². The van der Waals surface area contributed by atoms with Crippen LogP contribution in [0, 0.1) is 0 Å². The van der Waals surface area contributed by atoms with Crippen LogP contribution >= 0.6 is 0 Å². The average molecular weight is 372 g/mol. The van der Waals surface area contributed by atoms with Crippen molar-refractivity contribution in [1.82, 2.24) is 5.43 Å². The van der Waals surface area contributed by atoms with Crippen LogP contribution in [0.3, 0.4) is 0 Å². The summed E-state index contributed by atoms with van der Waals surface area (Å²) in [4.78, 5) is 26.0. The van der Waals surface area contributed by atoms with Crippen molar-refractivity contribution in [3.63, 3.8) is 0 Å². The van der Waals surface area contributed by atoms with Crippen molar-refractivity contribution in [3.05, 3.63) is 102 Å². The molecule has 0 atom stereocenters. The second-order valence-electron chi connectivity index (χ2n) is 6.47. The van der Waals surface area contributed by atoms with E-state index in [2.05, 4.69) is 5.43 Å². The van der Waals surface area contributed by atoms with Gasteiger partial charge in [-0.1, -0.05) is 78.9 Å². The second kappa shape index (κ2) is 7.19. The summed E-state index contributed by atoms with van der Waals surface area (Å²) in [6.45, 7) is 1.94. The number of carbonyl (C=O) groups excluding carboxylic acids is 2. The summed E-state index contributed by atoms with van der Waals surface area (Å²) < 4.78 is 5.00. The third-order valence-electron chi connectivity index (χ3n) is 4.96. The van der Waals surface area contributed by atoms with Crippen LogP contribution in [0.25, 0.3) is 0 Å². The summed E-state index contributed by atoms with van der Waals surface area (Å²) >= 11 is 0. The number of anilines is 1. The van der Waals surface area contributed by atoms with E-state index in [0.29, 0.717) is 5.69 Å². The summed E-state index contributed by atoms with van der Waals surface area (Å²) in [6.07, 6.45) is -0.664. The fraction of sp³-hybridized carbons (Fsp3) is 0.130. The largest absolute Gasteiger partial charge is 0.449 e. The maximum absolute atomic E-state index is 13.9. The van der Waals surface area contributed by atoms with Crippen molar-refractivity contribution in [3.8, 4) is 0 Å². The van der Waals surface area contributed by atoms with Crippen molar-refractivity contribution in [2.24, 2.45) is 0 Å². The number of fused-ring (bicyclic) bond motifs is 1. The van der Waals surface area contributed by atoms with E-state index in [-0.39, 0.29) is 12.5 Å². The molecule has 0 unspecified atom stereocenters. The molecule has 0 radical (unpaired) electrons. The van der Waals surface area contributed by atoms with Gasteiger partial charge in [-0.25, -0.2) is 15.2 Å². The molecule has 0 fully saturated rings. The Kier molecular flexibility index (Phi) is 4.57. The molecule has 5 nitrogen and oxygen atoms in total. The lowest BCUT2D eigenvalue weighted by atomic mass is 9.70. The van der Waals surface area contributed by atoms with Crippen LogP contribution in [0.2, 0.25) is 0 Å². The molecule has 3 aromatic carbocycles. The van der Waals surface area contributed by atoms with Crippen LogP contribution in [0.1, 0.15) is 23.6 Å². The molecule has 1 heterocycles.